The summed E-state index contributed by atoms with van der Waals surface area (Å²) < 4.78 is 13.0. The van der Waals surface area contributed by atoms with E-state index in [2.05, 4.69) is 21.3 Å². The van der Waals surface area contributed by atoms with Crippen molar-refractivity contribution in [2.75, 3.05) is 24.5 Å². The Kier molecular flexibility index (Phi) is 4.22. The molecule has 4 rings (SSSR count). The summed E-state index contributed by atoms with van der Waals surface area (Å²) in [5.74, 6) is 0.866. The third kappa shape index (κ3) is 3.02. The number of amides is 1. The fourth-order valence-electron chi connectivity index (χ4n) is 3.61. The van der Waals surface area contributed by atoms with E-state index in [1.165, 1.54) is 22.7 Å². The summed E-state index contributed by atoms with van der Waals surface area (Å²) in [5, 5.41) is 2.12. The number of carbonyl (C=O) groups excluding carboxylic acids is 1. The van der Waals surface area contributed by atoms with Crippen LogP contribution in [-0.2, 0) is 17.8 Å². The molecule has 1 saturated heterocycles. The van der Waals surface area contributed by atoms with Gasteiger partial charge < -0.3 is 9.80 Å². The lowest BCUT2D eigenvalue weighted by atomic mass is 9.94. The molecule has 1 fully saturated rings. The number of thiophene rings is 1. The van der Waals surface area contributed by atoms with Crippen molar-refractivity contribution < 1.29 is 9.18 Å². The maximum Gasteiger partial charge on any atom is 0.226 e. The summed E-state index contributed by atoms with van der Waals surface area (Å²) in [6.45, 7) is 3.20. The fourth-order valence-corrected chi connectivity index (χ4v) is 4.50. The van der Waals surface area contributed by atoms with Gasteiger partial charge in [0, 0.05) is 37.0 Å². The normalized spacial score (nSPS) is 18.5. The standard InChI is InChI=1S/C18H20FN3OS/c19-15-1-2-17(20-11-15)21-7-3-13(4-8-21)18(23)22-9-5-16-14(12-22)6-10-24-16/h1-2,6,10-11,13H,3-5,7-9,12H2. The van der Waals surface area contributed by atoms with Gasteiger partial charge in [0.1, 0.15) is 11.6 Å². The van der Waals surface area contributed by atoms with Crippen LogP contribution in [0.5, 0.6) is 0 Å². The van der Waals surface area contributed by atoms with Crippen LogP contribution in [0.25, 0.3) is 0 Å². The van der Waals surface area contributed by atoms with Gasteiger partial charge >= 0.3 is 0 Å². The molecule has 126 valence electrons. The Hall–Kier alpha value is -1.95. The van der Waals surface area contributed by atoms with Gasteiger partial charge in [-0.3, -0.25) is 4.79 Å². The minimum absolute atomic E-state index is 0.0990. The molecule has 0 aromatic carbocycles. The number of carbonyl (C=O) groups is 1. The average molecular weight is 345 g/mol. The summed E-state index contributed by atoms with van der Waals surface area (Å²) >= 11 is 1.80. The molecule has 2 aromatic heterocycles. The van der Waals surface area contributed by atoms with Crippen LogP contribution in [0.2, 0.25) is 0 Å². The SMILES string of the molecule is O=C(C1CCN(c2ccc(F)cn2)CC1)N1CCc2sccc2C1. The van der Waals surface area contributed by atoms with Gasteiger partial charge in [-0.1, -0.05) is 0 Å². The fraction of sp³-hybridized carbons (Fsp3) is 0.444. The quantitative estimate of drug-likeness (QED) is 0.839. The zero-order chi connectivity index (χ0) is 16.5. The van der Waals surface area contributed by atoms with Crippen LogP contribution in [0.15, 0.2) is 29.8 Å². The third-order valence-electron chi connectivity index (χ3n) is 5.00. The first-order chi connectivity index (χ1) is 11.7. The predicted octanol–water partition coefficient (Wildman–Crippen LogP) is 3.08. The predicted molar refractivity (Wildman–Crippen MR) is 92.6 cm³/mol. The first-order valence-corrected chi connectivity index (χ1v) is 9.29. The Morgan fingerprint density at radius 3 is 2.79 bits per heavy atom. The van der Waals surface area contributed by atoms with Crippen LogP contribution >= 0.6 is 11.3 Å². The van der Waals surface area contributed by atoms with Gasteiger partial charge in [0.05, 0.1) is 6.20 Å². The van der Waals surface area contributed by atoms with Crippen molar-refractivity contribution in [1.29, 1.82) is 0 Å². The lowest BCUT2D eigenvalue weighted by Crippen LogP contribution is -2.44. The number of pyridine rings is 1. The second-order valence-corrected chi connectivity index (χ2v) is 7.48. The van der Waals surface area contributed by atoms with E-state index in [0.29, 0.717) is 5.91 Å². The Bertz CT molecular complexity index is 722. The maximum absolute atomic E-state index is 13.0. The molecule has 1 amide bonds. The molecule has 0 saturated carbocycles. The van der Waals surface area contributed by atoms with Gasteiger partial charge in [-0.05, 0) is 48.4 Å². The number of anilines is 1. The van der Waals surface area contributed by atoms with E-state index in [4.69, 9.17) is 0 Å². The van der Waals surface area contributed by atoms with Crippen molar-refractivity contribution in [2.24, 2.45) is 5.92 Å². The Morgan fingerprint density at radius 2 is 2.04 bits per heavy atom. The van der Waals surface area contributed by atoms with Gasteiger partial charge in [-0.25, -0.2) is 9.37 Å². The van der Waals surface area contributed by atoms with Crippen LogP contribution in [0.3, 0.4) is 0 Å². The first-order valence-electron chi connectivity index (χ1n) is 8.41. The molecule has 2 aliphatic heterocycles. The van der Waals surface area contributed by atoms with E-state index in [0.717, 1.165) is 51.3 Å². The van der Waals surface area contributed by atoms with E-state index in [9.17, 15) is 9.18 Å². The van der Waals surface area contributed by atoms with Gasteiger partial charge in [-0.15, -0.1) is 11.3 Å². The number of rotatable bonds is 2. The highest BCUT2D eigenvalue weighted by Crippen LogP contribution is 2.28. The van der Waals surface area contributed by atoms with E-state index in [1.807, 2.05) is 4.90 Å². The lowest BCUT2D eigenvalue weighted by Gasteiger charge is -2.36. The summed E-state index contributed by atoms with van der Waals surface area (Å²) in [6.07, 6.45) is 3.91. The van der Waals surface area contributed by atoms with Crippen molar-refractivity contribution in [3.05, 3.63) is 46.0 Å². The summed E-state index contributed by atoms with van der Waals surface area (Å²) in [5.41, 5.74) is 1.31. The Labute approximate surface area is 144 Å². The number of nitrogens with zero attached hydrogens (tertiary/aromatic N) is 3. The zero-order valence-corrected chi connectivity index (χ0v) is 14.3. The second kappa shape index (κ2) is 6.51. The first kappa shape index (κ1) is 15.6. The number of hydrogen-bond donors (Lipinski definition) is 0. The summed E-state index contributed by atoms with van der Waals surface area (Å²) in [4.78, 5) is 22.5. The topological polar surface area (TPSA) is 36.4 Å². The zero-order valence-electron chi connectivity index (χ0n) is 13.4. The minimum Gasteiger partial charge on any atom is -0.357 e. The molecule has 4 heterocycles. The molecular weight excluding hydrogens is 325 g/mol. The molecular formula is C18H20FN3OS. The van der Waals surface area contributed by atoms with Crippen LogP contribution < -0.4 is 4.90 Å². The number of hydrogen-bond acceptors (Lipinski definition) is 4. The molecule has 0 unspecified atom stereocenters. The second-order valence-electron chi connectivity index (χ2n) is 6.47. The molecule has 0 aliphatic carbocycles. The molecule has 4 nitrogen and oxygen atoms in total. The van der Waals surface area contributed by atoms with Crippen molar-refractivity contribution in [3.63, 3.8) is 0 Å². The summed E-state index contributed by atoms with van der Waals surface area (Å²) in [7, 11) is 0. The van der Waals surface area contributed by atoms with E-state index in [1.54, 1.807) is 17.4 Å². The van der Waals surface area contributed by atoms with Crippen LogP contribution in [-0.4, -0.2) is 35.4 Å². The molecule has 2 aliphatic rings. The van der Waals surface area contributed by atoms with Gasteiger partial charge in [-0.2, -0.15) is 0 Å². The van der Waals surface area contributed by atoms with Crippen molar-refractivity contribution >= 4 is 23.1 Å². The highest BCUT2D eigenvalue weighted by molar-refractivity contribution is 7.10. The van der Waals surface area contributed by atoms with Crippen LogP contribution in [0.4, 0.5) is 10.2 Å². The highest BCUT2D eigenvalue weighted by Gasteiger charge is 2.30. The lowest BCUT2D eigenvalue weighted by molar-refractivity contribution is -0.137. The molecule has 2 aromatic rings. The molecule has 24 heavy (non-hydrogen) atoms. The number of halogens is 1. The molecule has 6 heteroatoms. The highest BCUT2D eigenvalue weighted by atomic mass is 32.1. The molecule has 0 N–H and O–H groups in total. The third-order valence-corrected chi connectivity index (χ3v) is 6.02. The molecule has 0 spiro atoms. The van der Waals surface area contributed by atoms with Crippen LogP contribution in [0.1, 0.15) is 23.3 Å². The van der Waals surface area contributed by atoms with Crippen molar-refractivity contribution in [1.82, 2.24) is 9.88 Å². The number of fused-ring (bicyclic) bond motifs is 1. The maximum atomic E-state index is 13.0. The Balaban J connectivity index is 1.36. The van der Waals surface area contributed by atoms with Crippen molar-refractivity contribution in [2.45, 2.75) is 25.8 Å². The van der Waals surface area contributed by atoms with E-state index >= 15 is 0 Å². The molecule has 0 radical (unpaired) electrons. The van der Waals surface area contributed by atoms with Gasteiger partial charge in [0.25, 0.3) is 0 Å². The molecule has 0 atom stereocenters. The van der Waals surface area contributed by atoms with Gasteiger partial charge in [0.15, 0.2) is 0 Å². The smallest absolute Gasteiger partial charge is 0.226 e. The van der Waals surface area contributed by atoms with E-state index < -0.39 is 0 Å². The van der Waals surface area contributed by atoms with Crippen molar-refractivity contribution in [3.8, 4) is 0 Å². The van der Waals surface area contributed by atoms with E-state index in [-0.39, 0.29) is 11.7 Å². The average Bonchev–Trinajstić information content (AvgIpc) is 3.09. The largest absolute Gasteiger partial charge is 0.357 e. The number of aromatic nitrogens is 1. The summed E-state index contributed by atoms with van der Waals surface area (Å²) in [6, 6.07) is 5.29. The molecule has 0 bridgehead atoms. The monoisotopic (exact) mass is 345 g/mol. The van der Waals surface area contributed by atoms with Gasteiger partial charge in [0.2, 0.25) is 5.91 Å². The van der Waals surface area contributed by atoms with Crippen LogP contribution in [0, 0.1) is 11.7 Å². The Morgan fingerprint density at radius 1 is 1.21 bits per heavy atom. The minimum atomic E-state index is -0.318. The number of piperidine rings is 1.